The Labute approximate surface area is 109 Å². The van der Waals surface area contributed by atoms with E-state index >= 15 is 0 Å². The molecular weight excluding hydrogens is 248 g/mol. The Kier molecular flexibility index (Phi) is 3.44. The van der Waals surface area contributed by atoms with Crippen LogP contribution in [0.25, 0.3) is 5.53 Å². The van der Waals surface area contributed by atoms with Crippen LogP contribution in [0.2, 0.25) is 0 Å². The van der Waals surface area contributed by atoms with Crippen molar-refractivity contribution in [1.82, 2.24) is 0 Å². The van der Waals surface area contributed by atoms with Gasteiger partial charge in [-0.15, -0.1) is 0 Å². The predicted octanol–water partition coefficient (Wildman–Crippen LogP) is 1.11. The molecule has 0 aliphatic carbocycles. The molecule has 1 saturated heterocycles. The maximum absolute atomic E-state index is 11.4. The smallest absolute Gasteiger partial charge is 0.414 e. The minimum atomic E-state index is -1.34. The third-order valence-corrected chi connectivity index (χ3v) is 2.81. The molecule has 0 amide bonds. The average Bonchev–Trinajstić information content (AvgIpc) is 2.37. The van der Waals surface area contributed by atoms with Crippen molar-refractivity contribution in [3.63, 3.8) is 0 Å². The van der Waals surface area contributed by atoms with Crippen LogP contribution in [0.4, 0.5) is 0 Å². The number of aryl methyl sites for hydroxylation is 1. The average molecular weight is 260 g/mol. The third-order valence-electron chi connectivity index (χ3n) is 2.81. The van der Waals surface area contributed by atoms with Gasteiger partial charge in [0, 0.05) is 13.3 Å². The molecule has 0 atom stereocenters. The second-order valence-electron chi connectivity index (χ2n) is 4.35. The third kappa shape index (κ3) is 2.86. The lowest BCUT2D eigenvalue weighted by atomic mass is 10.0. The van der Waals surface area contributed by atoms with Crippen LogP contribution < -0.4 is 0 Å². The van der Waals surface area contributed by atoms with E-state index in [4.69, 9.17) is 15.0 Å². The van der Waals surface area contributed by atoms with Crippen LogP contribution in [0.3, 0.4) is 0 Å². The van der Waals surface area contributed by atoms with E-state index in [2.05, 4.69) is 4.79 Å². The number of rotatable bonds is 3. The van der Waals surface area contributed by atoms with E-state index in [9.17, 15) is 9.59 Å². The summed E-state index contributed by atoms with van der Waals surface area (Å²) in [6, 6.07) is 9.54. The summed E-state index contributed by atoms with van der Waals surface area (Å²) in [6.07, 6.45) is 0.913. The van der Waals surface area contributed by atoms with Gasteiger partial charge in [-0.3, -0.25) is 0 Å². The molecule has 1 heterocycles. The SMILES string of the molecule is CC1(CCc2ccccc2)OC(=O)C(=[N+]=[N-])C(=O)O1. The fourth-order valence-corrected chi connectivity index (χ4v) is 1.79. The summed E-state index contributed by atoms with van der Waals surface area (Å²) in [4.78, 5) is 25.5. The minimum Gasteiger partial charge on any atom is -0.414 e. The highest BCUT2D eigenvalue weighted by Crippen LogP contribution is 2.24. The van der Waals surface area contributed by atoms with Gasteiger partial charge in [0.05, 0.1) is 0 Å². The van der Waals surface area contributed by atoms with E-state index in [-0.39, 0.29) is 0 Å². The fraction of sp³-hybridized carbons (Fsp3) is 0.308. The fourth-order valence-electron chi connectivity index (χ4n) is 1.79. The van der Waals surface area contributed by atoms with Crippen LogP contribution in [-0.2, 0) is 25.5 Å². The standard InChI is InChI=1S/C13H12N2O4/c1-13(8-7-9-5-3-2-4-6-9)18-11(16)10(15-14)12(17)19-13/h2-6H,7-8H2,1H3. The number of ether oxygens (including phenoxy) is 2. The highest BCUT2D eigenvalue weighted by Gasteiger charge is 2.48. The van der Waals surface area contributed by atoms with Gasteiger partial charge in [0.25, 0.3) is 5.79 Å². The molecular formula is C13H12N2O4. The van der Waals surface area contributed by atoms with Crippen molar-refractivity contribution in [1.29, 1.82) is 0 Å². The number of cyclic esters (lactones) is 2. The normalized spacial score (nSPS) is 22.5. The van der Waals surface area contributed by atoms with Gasteiger partial charge >= 0.3 is 17.7 Å². The molecule has 2 rings (SSSR count). The summed E-state index contributed by atoms with van der Waals surface area (Å²) in [5, 5.41) is 0. The van der Waals surface area contributed by atoms with Crippen LogP contribution in [0.1, 0.15) is 18.9 Å². The van der Waals surface area contributed by atoms with Crippen molar-refractivity contribution in [3.05, 3.63) is 41.4 Å². The van der Waals surface area contributed by atoms with Gasteiger partial charge in [0.1, 0.15) is 0 Å². The van der Waals surface area contributed by atoms with Crippen LogP contribution in [-0.4, -0.2) is 28.2 Å². The molecule has 0 spiro atoms. The number of nitrogens with zero attached hydrogens (tertiary/aromatic N) is 2. The first-order valence-electron chi connectivity index (χ1n) is 5.77. The molecule has 1 fully saturated rings. The van der Waals surface area contributed by atoms with Gasteiger partial charge in [-0.05, 0) is 12.0 Å². The maximum atomic E-state index is 11.4. The first kappa shape index (κ1) is 13.0. The van der Waals surface area contributed by atoms with E-state index in [1.165, 1.54) is 6.92 Å². The monoisotopic (exact) mass is 260 g/mol. The molecule has 98 valence electrons. The van der Waals surface area contributed by atoms with Crippen LogP contribution in [0.5, 0.6) is 0 Å². The molecule has 0 radical (unpaired) electrons. The zero-order valence-electron chi connectivity index (χ0n) is 10.3. The summed E-state index contributed by atoms with van der Waals surface area (Å²) in [5.74, 6) is -3.29. The summed E-state index contributed by atoms with van der Waals surface area (Å²) in [5.41, 5.74) is 8.80. The summed E-state index contributed by atoms with van der Waals surface area (Å²) < 4.78 is 9.99. The van der Waals surface area contributed by atoms with Crippen molar-refractivity contribution >= 4 is 17.7 Å². The molecule has 0 aromatic heterocycles. The Morgan fingerprint density at radius 1 is 1.16 bits per heavy atom. The van der Waals surface area contributed by atoms with Crippen molar-refractivity contribution in [2.75, 3.05) is 0 Å². The zero-order valence-corrected chi connectivity index (χ0v) is 10.3. The molecule has 6 nitrogen and oxygen atoms in total. The molecule has 0 N–H and O–H groups in total. The van der Waals surface area contributed by atoms with Gasteiger partial charge in [-0.1, -0.05) is 30.3 Å². The first-order chi connectivity index (χ1) is 9.04. The maximum Gasteiger partial charge on any atom is 0.482 e. The number of carbonyl (C=O) groups is 2. The molecule has 1 aliphatic heterocycles. The van der Waals surface area contributed by atoms with Crippen LogP contribution in [0.15, 0.2) is 30.3 Å². The van der Waals surface area contributed by atoms with Crippen LogP contribution >= 0.6 is 0 Å². The minimum absolute atomic E-state index is 0.327. The number of hydrogen-bond acceptors (Lipinski definition) is 4. The van der Waals surface area contributed by atoms with Crippen molar-refractivity contribution in [3.8, 4) is 0 Å². The van der Waals surface area contributed by atoms with E-state index in [0.29, 0.717) is 12.8 Å². The van der Waals surface area contributed by atoms with E-state index in [1.807, 2.05) is 30.3 Å². The number of carbonyl (C=O) groups excluding carboxylic acids is 2. The van der Waals surface area contributed by atoms with Gasteiger partial charge in [-0.2, -0.15) is 4.79 Å². The Morgan fingerprint density at radius 2 is 1.74 bits per heavy atom. The number of benzene rings is 1. The van der Waals surface area contributed by atoms with Gasteiger partial charge in [-0.25, -0.2) is 9.59 Å². The lowest BCUT2D eigenvalue weighted by Gasteiger charge is -2.30. The Morgan fingerprint density at radius 3 is 2.26 bits per heavy atom. The molecule has 0 unspecified atom stereocenters. The van der Waals surface area contributed by atoms with E-state index < -0.39 is 23.4 Å². The Balaban J connectivity index is 2.06. The lowest BCUT2D eigenvalue weighted by Crippen LogP contribution is -2.49. The van der Waals surface area contributed by atoms with Gasteiger partial charge < -0.3 is 15.0 Å². The highest BCUT2D eigenvalue weighted by molar-refractivity contribution is 6.61. The van der Waals surface area contributed by atoms with Crippen molar-refractivity contribution in [2.24, 2.45) is 0 Å². The predicted molar refractivity (Wildman–Crippen MR) is 64.0 cm³/mol. The molecule has 0 bridgehead atoms. The second kappa shape index (κ2) is 5.04. The summed E-state index contributed by atoms with van der Waals surface area (Å²) in [7, 11) is 0. The topological polar surface area (TPSA) is 89.0 Å². The zero-order chi connectivity index (χ0) is 13.9. The van der Waals surface area contributed by atoms with Crippen molar-refractivity contribution in [2.45, 2.75) is 25.6 Å². The van der Waals surface area contributed by atoms with Gasteiger partial charge in [0.2, 0.25) is 0 Å². The van der Waals surface area contributed by atoms with E-state index in [0.717, 1.165) is 5.56 Å². The number of esters is 2. The molecule has 19 heavy (non-hydrogen) atoms. The molecule has 0 saturated carbocycles. The number of hydrogen-bond donors (Lipinski definition) is 0. The lowest BCUT2D eigenvalue weighted by molar-refractivity contribution is -0.229. The van der Waals surface area contributed by atoms with Gasteiger partial charge in [0.15, 0.2) is 0 Å². The molecule has 1 aromatic rings. The second-order valence-corrected chi connectivity index (χ2v) is 4.35. The Bertz CT molecular complexity index is 541. The quantitative estimate of drug-likeness (QED) is 0.462. The van der Waals surface area contributed by atoms with E-state index in [1.54, 1.807) is 0 Å². The highest BCUT2D eigenvalue weighted by atomic mass is 16.7. The largest absolute Gasteiger partial charge is 0.482 e. The molecule has 1 aromatic carbocycles. The molecule has 1 aliphatic rings. The summed E-state index contributed by atoms with van der Waals surface area (Å²) in [6.45, 7) is 1.50. The van der Waals surface area contributed by atoms with Crippen LogP contribution in [0, 0.1) is 0 Å². The molecule has 6 heteroatoms. The summed E-state index contributed by atoms with van der Waals surface area (Å²) >= 11 is 0. The Hall–Kier alpha value is -2.46. The first-order valence-corrected chi connectivity index (χ1v) is 5.77. The van der Waals surface area contributed by atoms with Crippen molar-refractivity contribution < 1.29 is 23.9 Å².